The van der Waals surface area contributed by atoms with E-state index in [9.17, 15) is 4.79 Å². The summed E-state index contributed by atoms with van der Waals surface area (Å²) >= 11 is 0. The van der Waals surface area contributed by atoms with Crippen molar-refractivity contribution in [3.8, 4) is 6.07 Å². The van der Waals surface area contributed by atoms with Crippen LogP contribution in [0.5, 0.6) is 0 Å². The molecule has 4 heteroatoms. The van der Waals surface area contributed by atoms with Gasteiger partial charge in [-0.25, -0.2) is 0 Å². The van der Waals surface area contributed by atoms with Crippen LogP contribution in [-0.4, -0.2) is 25.5 Å². The Bertz CT molecular complexity index is 186. The molecule has 0 radical (unpaired) electrons. The second-order valence-corrected chi connectivity index (χ2v) is 3.01. The topological polar surface area (TPSA) is 64.9 Å². The quantitative estimate of drug-likeness (QED) is 0.621. The fourth-order valence-corrected chi connectivity index (χ4v) is 0.775. The summed E-state index contributed by atoms with van der Waals surface area (Å²) in [5.74, 6) is -0.0500. The lowest BCUT2D eigenvalue weighted by molar-refractivity contribution is -0.120. The smallest absolute Gasteiger partial charge is 0.233 e. The number of amides is 1. The molecule has 74 valence electrons. The van der Waals surface area contributed by atoms with Crippen LogP contribution in [0.1, 0.15) is 20.3 Å². The van der Waals surface area contributed by atoms with Gasteiger partial charge in [0.2, 0.25) is 5.91 Å². The van der Waals surface area contributed by atoms with Crippen molar-refractivity contribution in [3.63, 3.8) is 0 Å². The molecule has 0 aliphatic rings. The first-order valence-corrected chi connectivity index (χ1v) is 4.57. The van der Waals surface area contributed by atoms with Crippen molar-refractivity contribution in [2.75, 3.05) is 19.6 Å². The van der Waals surface area contributed by atoms with Crippen LogP contribution in [0.3, 0.4) is 0 Å². The Kier molecular flexibility index (Phi) is 6.93. The SMILES string of the molecule is CCCNC(=O)CNCC(C)C#N. The third-order valence-electron chi connectivity index (χ3n) is 1.53. The predicted octanol–water partition coefficient (Wildman–Crippen LogP) is 0.262. The number of hydrogen-bond donors (Lipinski definition) is 2. The minimum absolute atomic E-state index is 0.00742. The molecule has 0 saturated heterocycles. The first kappa shape index (κ1) is 11.9. The molecular weight excluding hydrogens is 166 g/mol. The van der Waals surface area contributed by atoms with Crippen molar-refractivity contribution in [1.29, 1.82) is 5.26 Å². The van der Waals surface area contributed by atoms with Gasteiger partial charge in [-0.1, -0.05) is 6.92 Å². The number of carbonyl (C=O) groups excluding carboxylic acids is 1. The first-order chi connectivity index (χ1) is 6.20. The molecule has 0 aliphatic heterocycles. The van der Waals surface area contributed by atoms with Crippen molar-refractivity contribution in [1.82, 2.24) is 10.6 Å². The van der Waals surface area contributed by atoms with Crippen LogP contribution >= 0.6 is 0 Å². The van der Waals surface area contributed by atoms with Gasteiger partial charge in [0.25, 0.3) is 0 Å². The van der Waals surface area contributed by atoms with Crippen LogP contribution < -0.4 is 10.6 Å². The van der Waals surface area contributed by atoms with Gasteiger partial charge in [-0.3, -0.25) is 4.79 Å². The van der Waals surface area contributed by atoms with Crippen LogP contribution in [0.2, 0.25) is 0 Å². The molecule has 0 aromatic heterocycles. The van der Waals surface area contributed by atoms with Gasteiger partial charge < -0.3 is 10.6 Å². The minimum Gasteiger partial charge on any atom is -0.355 e. The van der Waals surface area contributed by atoms with Gasteiger partial charge in [0, 0.05) is 13.1 Å². The number of nitrogens with zero attached hydrogens (tertiary/aromatic N) is 1. The molecule has 4 nitrogen and oxygen atoms in total. The minimum atomic E-state index is -0.0426. The molecule has 2 N–H and O–H groups in total. The van der Waals surface area contributed by atoms with Crippen molar-refractivity contribution in [3.05, 3.63) is 0 Å². The van der Waals surface area contributed by atoms with Gasteiger partial charge in [-0.2, -0.15) is 5.26 Å². The molecule has 0 aliphatic carbocycles. The van der Waals surface area contributed by atoms with E-state index in [1.54, 1.807) is 0 Å². The zero-order valence-electron chi connectivity index (χ0n) is 8.26. The van der Waals surface area contributed by atoms with E-state index in [2.05, 4.69) is 16.7 Å². The van der Waals surface area contributed by atoms with E-state index in [1.807, 2.05) is 13.8 Å². The third-order valence-corrected chi connectivity index (χ3v) is 1.53. The molecule has 0 rings (SSSR count). The summed E-state index contributed by atoms with van der Waals surface area (Å²) in [7, 11) is 0. The lowest BCUT2D eigenvalue weighted by atomic mass is 10.2. The van der Waals surface area contributed by atoms with E-state index in [0.29, 0.717) is 19.6 Å². The molecule has 0 aromatic carbocycles. The Morgan fingerprint density at radius 2 is 2.31 bits per heavy atom. The van der Waals surface area contributed by atoms with E-state index in [4.69, 9.17) is 5.26 Å². The molecule has 13 heavy (non-hydrogen) atoms. The van der Waals surface area contributed by atoms with E-state index in [-0.39, 0.29) is 11.8 Å². The number of carbonyl (C=O) groups is 1. The molecule has 0 bridgehead atoms. The fraction of sp³-hybridized carbons (Fsp3) is 0.778. The zero-order valence-corrected chi connectivity index (χ0v) is 8.26. The lowest BCUT2D eigenvalue weighted by Gasteiger charge is -2.05. The number of nitrogens with one attached hydrogen (secondary N) is 2. The summed E-state index contributed by atoms with van der Waals surface area (Å²) in [5, 5.41) is 14.1. The van der Waals surface area contributed by atoms with Crippen LogP contribution in [0.25, 0.3) is 0 Å². The van der Waals surface area contributed by atoms with E-state index in [1.165, 1.54) is 0 Å². The first-order valence-electron chi connectivity index (χ1n) is 4.57. The highest BCUT2D eigenvalue weighted by molar-refractivity contribution is 5.77. The average Bonchev–Trinajstić information content (AvgIpc) is 2.14. The second kappa shape index (κ2) is 7.56. The maximum absolute atomic E-state index is 11.0. The van der Waals surface area contributed by atoms with Gasteiger partial charge in [0.05, 0.1) is 18.5 Å². The summed E-state index contributed by atoms with van der Waals surface area (Å²) in [6.45, 7) is 5.40. The molecule has 1 amide bonds. The molecule has 0 spiro atoms. The van der Waals surface area contributed by atoms with E-state index < -0.39 is 0 Å². The van der Waals surface area contributed by atoms with Gasteiger partial charge in [0.1, 0.15) is 0 Å². The number of nitriles is 1. The van der Waals surface area contributed by atoms with Crippen LogP contribution in [0, 0.1) is 17.2 Å². The zero-order chi connectivity index (χ0) is 10.1. The Labute approximate surface area is 79.3 Å². The van der Waals surface area contributed by atoms with Gasteiger partial charge in [-0.15, -0.1) is 0 Å². The maximum atomic E-state index is 11.0. The largest absolute Gasteiger partial charge is 0.355 e. The van der Waals surface area contributed by atoms with Crippen molar-refractivity contribution in [2.24, 2.45) is 5.92 Å². The summed E-state index contributed by atoms with van der Waals surface area (Å²) in [6.07, 6.45) is 0.945. The molecule has 0 aromatic rings. The lowest BCUT2D eigenvalue weighted by Crippen LogP contribution is -2.35. The highest BCUT2D eigenvalue weighted by Gasteiger charge is 2.01. The van der Waals surface area contributed by atoms with E-state index >= 15 is 0 Å². The molecule has 0 saturated carbocycles. The van der Waals surface area contributed by atoms with Crippen LogP contribution in [-0.2, 0) is 4.79 Å². The van der Waals surface area contributed by atoms with Crippen LogP contribution in [0.4, 0.5) is 0 Å². The average molecular weight is 183 g/mol. The molecular formula is C9H17N3O. The number of rotatable bonds is 6. The number of hydrogen-bond acceptors (Lipinski definition) is 3. The molecule has 1 unspecified atom stereocenters. The highest BCUT2D eigenvalue weighted by atomic mass is 16.1. The van der Waals surface area contributed by atoms with Gasteiger partial charge >= 0.3 is 0 Å². The van der Waals surface area contributed by atoms with Crippen molar-refractivity contribution < 1.29 is 4.79 Å². The van der Waals surface area contributed by atoms with Gasteiger partial charge in [0.15, 0.2) is 0 Å². The molecule has 1 atom stereocenters. The summed E-state index contributed by atoms with van der Waals surface area (Å²) in [5.41, 5.74) is 0. The Morgan fingerprint density at radius 3 is 2.85 bits per heavy atom. The van der Waals surface area contributed by atoms with Crippen molar-refractivity contribution >= 4 is 5.91 Å². The Balaban J connectivity index is 3.33. The van der Waals surface area contributed by atoms with E-state index in [0.717, 1.165) is 6.42 Å². The highest BCUT2D eigenvalue weighted by Crippen LogP contribution is 1.86. The summed E-state index contributed by atoms with van der Waals surface area (Å²) in [6, 6.07) is 2.09. The third kappa shape index (κ3) is 7.29. The summed E-state index contributed by atoms with van der Waals surface area (Å²) < 4.78 is 0. The van der Waals surface area contributed by atoms with Crippen LogP contribution in [0.15, 0.2) is 0 Å². The predicted molar refractivity (Wildman–Crippen MR) is 50.9 cm³/mol. The fourth-order valence-electron chi connectivity index (χ4n) is 0.775. The monoisotopic (exact) mass is 183 g/mol. The van der Waals surface area contributed by atoms with Crippen molar-refractivity contribution in [2.45, 2.75) is 20.3 Å². The molecule has 0 fully saturated rings. The Hall–Kier alpha value is -1.08. The maximum Gasteiger partial charge on any atom is 0.233 e. The molecule has 0 heterocycles. The standard InChI is InChI=1S/C9H17N3O/c1-3-4-12-9(13)7-11-6-8(2)5-10/h8,11H,3-4,6-7H2,1-2H3,(H,12,13). The van der Waals surface area contributed by atoms with Gasteiger partial charge in [-0.05, 0) is 13.3 Å². The Morgan fingerprint density at radius 1 is 1.62 bits per heavy atom. The normalized spacial score (nSPS) is 11.8. The second-order valence-electron chi connectivity index (χ2n) is 3.01. The summed E-state index contributed by atoms with van der Waals surface area (Å²) in [4.78, 5) is 11.0.